The minimum Gasteiger partial charge on any atom is -0.465 e. The fourth-order valence-corrected chi connectivity index (χ4v) is 3.75. The van der Waals surface area contributed by atoms with Crippen molar-refractivity contribution in [2.45, 2.75) is 65.9 Å². The lowest BCUT2D eigenvalue weighted by molar-refractivity contribution is -0.142. The molecule has 0 amide bonds. The van der Waals surface area contributed by atoms with E-state index in [1.165, 1.54) is 20.8 Å². The molecule has 0 radical (unpaired) electrons. The Morgan fingerprint density at radius 2 is 1.00 bits per heavy atom. The molecule has 204 valence electrons. The Kier molecular flexibility index (Phi) is 14.6. The highest BCUT2D eigenvalue weighted by Gasteiger charge is 2.37. The number of carbonyl (C=O) groups excluding carboxylic acids is 6. The zero-order valence-electron chi connectivity index (χ0n) is 21.7. The molecule has 0 aromatic heterocycles. The Balaban J connectivity index is 3.07. The number of rotatable bonds is 19. The first-order valence-corrected chi connectivity index (χ1v) is 12.1. The van der Waals surface area contributed by atoms with Gasteiger partial charge < -0.3 is 18.9 Å². The van der Waals surface area contributed by atoms with Gasteiger partial charge in [-0.2, -0.15) is 0 Å². The van der Waals surface area contributed by atoms with Crippen LogP contribution >= 0.6 is 0 Å². The van der Waals surface area contributed by atoms with Crippen LogP contribution in [-0.2, 0) is 54.3 Å². The Bertz CT molecular complexity index is 839. The van der Waals surface area contributed by atoms with Gasteiger partial charge in [0.2, 0.25) is 0 Å². The molecule has 0 aliphatic carbocycles. The van der Waals surface area contributed by atoms with Crippen LogP contribution in [0.1, 0.15) is 64.9 Å². The van der Waals surface area contributed by atoms with Gasteiger partial charge in [-0.3, -0.25) is 28.8 Å². The molecule has 1 aromatic rings. The van der Waals surface area contributed by atoms with E-state index in [4.69, 9.17) is 18.9 Å². The van der Waals surface area contributed by atoms with Gasteiger partial charge >= 0.3 is 17.9 Å². The van der Waals surface area contributed by atoms with Crippen molar-refractivity contribution >= 4 is 35.3 Å². The molecule has 0 aliphatic heterocycles. The predicted molar refractivity (Wildman–Crippen MR) is 131 cm³/mol. The third-order valence-corrected chi connectivity index (χ3v) is 5.29. The number of ketones is 3. The van der Waals surface area contributed by atoms with Crippen molar-refractivity contribution in [3.8, 4) is 0 Å². The van der Waals surface area contributed by atoms with Crippen molar-refractivity contribution in [3.63, 3.8) is 0 Å². The number of ether oxygens (including phenoxy) is 4. The maximum Gasteiger partial charge on any atom is 0.302 e. The molecule has 0 bridgehead atoms. The minimum atomic E-state index is -1.18. The second-order valence-electron chi connectivity index (χ2n) is 8.89. The van der Waals surface area contributed by atoms with Crippen LogP contribution in [0.25, 0.3) is 0 Å². The highest BCUT2D eigenvalue weighted by molar-refractivity contribution is 5.86. The highest BCUT2D eigenvalue weighted by Crippen LogP contribution is 2.34. The van der Waals surface area contributed by atoms with E-state index >= 15 is 0 Å². The molecule has 10 nitrogen and oxygen atoms in total. The molecule has 0 aliphatic rings. The van der Waals surface area contributed by atoms with E-state index < -0.39 is 23.3 Å². The summed E-state index contributed by atoms with van der Waals surface area (Å²) < 4.78 is 20.5. The normalized spacial score (nSPS) is 10.9. The van der Waals surface area contributed by atoms with E-state index in [1.54, 1.807) is 0 Å². The van der Waals surface area contributed by atoms with Crippen LogP contribution in [0.3, 0.4) is 0 Å². The molecule has 0 N–H and O–H groups in total. The second-order valence-corrected chi connectivity index (χ2v) is 8.89. The SMILES string of the molecule is CC(=O)OCCC(=O)CC(COCc1ccccc1)(CC(=O)CCOC(C)=O)CC(=O)CCOC(C)=O. The van der Waals surface area contributed by atoms with E-state index in [-0.39, 0.29) is 88.9 Å². The topological polar surface area (TPSA) is 139 Å². The van der Waals surface area contributed by atoms with Gasteiger partial charge in [0, 0.05) is 64.7 Å². The van der Waals surface area contributed by atoms with Crippen LogP contribution in [0, 0.1) is 5.41 Å². The molecular weight excluding hydrogens is 484 g/mol. The minimum absolute atomic E-state index is 0.0696. The van der Waals surface area contributed by atoms with Crippen molar-refractivity contribution in [1.82, 2.24) is 0 Å². The number of hydrogen-bond donors (Lipinski definition) is 0. The molecule has 0 heterocycles. The maximum absolute atomic E-state index is 12.8. The fraction of sp³-hybridized carbons (Fsp3) is 0.556. The molecular formula is C27H36O10. The molecule has 1 rings (SSSR count). The Labute approximate surface area is 217 Å². The Morgan fingerprint density at radius 3 is 1.35 bits per heavy atom. The summed E-state index contributed by atoms with van der Waals surface area (Å²) in [5.41, 5.74) is -0.303. The molecule has 0 saturated heterocycles. The third-order valence-electron chi connectivity index (χ3n) is 5.29. The zero-order valence-corrected chi connectivity index (χ0v) is 21.7. The van der Waals surface area contributed by atoms with Crippen molar-refractivity contribution in [2.75, 3.05) is 26.4 Å². The van der Waals surface area contributed by atoms with E-state index in [1.807, 2.05) is 30.3 Å². The summed E-state index contributed by atoms with van der Waals surface area (Å²) in [6.07, 6.45) is -0.735. The summed E-state index contributed by atoms with van der Waals surface area (Å²) in [7, 11) is 0. The molecule has 0 unspecified atom stereocenters. The Hall–Kier alpha value is -3.40. The number of benzene rings is 1. The summed E-state index contributed by atoms with van der Waals surface area (Å²) in [6, 6.07) is 9.28. The van der Waals surface area contributed by atoms with Crippen LogP contribution in [0.5, 0.6) is 0 Å². The van der Waals surface area contributed by atoms with Crippen LogP contribution in [0.4, 0.5) is 0 Å². The second kappa shape index (κ2) is 17.1. The number of carbonyl (C=O) groups is 6. The Morgan fingerprint density at radius 1 is 0.622 bits per heavy atom. The van der Waals surface area contributed by atoms with E-state index in [2.05, 4.69) is 0 Å². The summed E-state index contributed by atoms with van der Waals surface area (Å²) in [4.78, 5) is 71.7. The highest BCUT2D eigenvalue weighted by atomic mass is 16.5. The van der Waals surface area contributed by atoms with Gasteiger partial charge in [-0.15, -0.1) is 0 Å². The first kappa shape index (κ1) is 31.6. The average Bonchev–Trinajstić information content (AvgIpc) is 2.78. The molecule has 10 heteroatoms. The van der Waals surface area contributed by atoms with E-state index in [9.17, 15) is 28.8 Å². The fourth-order valence-electron chi connectivity index (χ4n) is 3.75. The number of esters is 3. The van der Waals surface area contributed by atoms with Crippen molar-refractivity contribution in [3.05, 3.63) is 35.9 Å². The molecule has 0 spiro atoms. The monoisotopic (exact) mass is 520 g/mol. The summed E-state index contributed by atoms with van der Waals surface area (Å²) >= 11 is 0. The lowest BCUT2D eigenvalue weighted by atomic mass is 9.74. The smallest absolute Gasteiger partial charge is 0.302 e. The lowest BCUT2D eigenvalue weighted by Gasteiger charge is -2.32. The lowest BCUT2D eigenvalue weighted by Crippen LogP contribution is -2.36. The third kappa shape index (κ3) is 15.3. The van der Waals surface area contributed by atoms with Crippen LogP contribution in [0.15, 0.2) is 30.3 Å². The zero-order chi connectivity index (χ0) is 27.7. The predicted octanol–water partition coefficient (Wildman–Crippen LogP) is 2.93. The van der Waals surface area contributed by atoms with Gasteiger partial charge in [0.05, 0.1) is 33.0 Å². The van der Waals surface area contributed by atoms with Crippen molar-refractivity contribution < 1.29 is 47.7 Å². The summed E-state index contributed by atoms with van der Waals surface area (Å²) in [5.74, 6) is -2.47. The van der Waals surface area contributed by atoms with Gasteiger partial charge in [0.1, 0.15) is 17.3 Å². The molecule has 0 saturated carbocycles. The summed E-state index contributed by atoms with van der Waals surface area (Å²) in [6.45, 7) is 3.48. The summed E-state index contributed by atoms with van der Waals surface area (Å²) in [5, 5.41) is 0. The van der Waals surface area contributed by atoms with Gasteiger partial charge in [-0.05, 0) is 5.56 Å². The largest absolute Gasteiger partial charge is 0.465 e. The molecule has 0 atom stereocenters. The number of Topliss-reactive ketones (excluding diaryl/α,β-unsaturated/α-hetero) is 3. The van der Waals surface area contributed by atoms with Gasteiger partial charge in [0.15, 0.2) is 0 Å². The van der Waals surface area contributed by atoms with E-state index in [0.717, 1.165) is 5.56 Å². The average molecular weight is 521 g/mol. The molecule has 37 heavy (non-hydrogen) atoms. The van der Waals surface area contributed by atoms with Gasteiger partial charge in [-0.1, -0.05) is 30.3 Å². The first-order chi connectivity index (χ1) is 17.5. The number of hydrogen-bond acceptors (Lipinski definition) is 10. The van der Waals surface area contributed by atoms with Crippen molar-refractivity contribution in [2.24, 2.45) is 5.41 Å². The first-order valence-electron chi connectivity index (χ1n) is 12.1. The molecule has 1 aromatic carbocycles. The molecule has 0 fully saturated rings. The maximum atomic E-state index is 12.8. The van der Waals surface area contributed by atoms with Gasteiger partial charge in [0.25, 0.3) is 0 Å². The van der Waals surface area contributed by atoms with Gasteiger partial charge in [-0.25, -0.2) is 0 Å². The van der Waals surface area contributed by atoms with Crippen LogP contribution in [0.2, 0.25) is 0 Å². The standard InChI is InChI=1S/C27H36O10/c1-20(28)35-12-9-24(31)15-27(16-25(32)10-13-36-21(2)29,17-26(33)11-14-37-22(3)30)19-34-18-23-7-5-4-6-8-23/h4-8H,9-19H2,1-3H3. The quantitative estimate of drug-likeness (QED) is 0.198. The van der Waals surface area contributed by atoms with Crippen LogP contribution < -0.4 is 0 Å². The van der Waals surface area contributed by atoms with E-state index in [0.29, 0.717) is 0 Å². The van der Waals surface area contributed by atoms with Crippen molar-refractivity contribution in [1.29, 1.82) is 0 Å². The van der Waals surface area contributed by atoms with Crippen LogP contribution in [-0.4, -0.2) is 61.7 Å².